The first-order chi connectivity index (χ1) is 8.02. The molecule has 1 aliphatic carbocycles. The van der Waals surface area contributed by atoms with Crippen LogP contribution >= 0.6 is 0 Å². The van der Waals surface area contributed by atoms with E-state index < -0.39 is 23.7 Å². The Bertz CT molecular complexity index is 317. The highest BCUT2D eigenvalue weighted by atomic mass is 16.4. The fourth-order valence-corrected chi connectivity index (χ4v) is 2.17. The average Bonchev–Trinajstić information content (AvgIpc) is 2.72. The lowest BCUT2D eigenvalue weighted by Gasteiger charge is -2.15. The van der Waals surface area contributed by atoms with E-state index in [2.05, 4.69) is 5.32 Å². The number of nitrogens with one attached hydrogen (secondary N) is 1. The molecule has 0 aromatic heterocycles. The van der Waals surface area contributed by atoms with Gasteiger partial charge in [-0.05, 0) is 19.3 Å². The van der Waals surface area contributed by atoms with Gasteiger partial charge < -0.3 is 16.2 Å². The number of hydrogen-bond acceptors (Lipinski definition) is 3. The second-order valence-corrected chi connectivity index (χ2v) is 4.34. The Balaban J connectivity index is 2.32. The molecule has 0 aliphatic heterocycles. The van der Waals surface area contributed by atoms with Gasteiger partial charge in [0.25, 0.3) is 0 Å². The van der Waals surface area contributed by atoms with Crippen LogP contribution in [0.4, 0.5) is 0 Å². The summed E-state index contributed by atoms with van der Waals surface area (Å²) in [5.41, 5.74) is 4.96. The monoisotopic (exact) mass is 242 g/mol. The maximum Gasteiger partial charge on any atom is 0.307 e. The van der Waals surface area contributed by atoms with Crippen LogP contribution in [0, 0.1) is 11.8 Å². The molecule has 2 unspecified atom stereocenters. The Morgan fingerprint density at radius 3 is 2.47 bits per heavy atom. The van der Waals surface area contributed by atoms with Crippen LogP contribution in [0.1, 0.15) is 32.1 Å². The summed E-state index contributed by atoms with van der Waals surface area (Å²) in [4.78, 5) is 33.1. The molecule has 0 heterocycles. The fraction of sp³-hybridized carbons (Fsp3) is 0.727. The molecular formula is C11H18N2O4. The van der Waals surface area contributed by atoms with Gasteiger partial charge >= 0.3 is 5.97 Å². The first-order valence-electron chi connectivity index (χ1n) is 5.81. The largest absolute Gasteiger partial charge is 0.481 e. The van der Waals surface area contributed by atoms with E-state index in [0.29, 0.717) is 25.8 Å². The van der Waals surface area contributed by atoms with Crippen molar-refractivity contribution in [1.29, 1.82) is 0 Å². The van der Waals surface area contributed by atoms with Gasteiger partial charge in [-0.2, -0.15) is 0 Å². The van der Waals surface area contributed by atoms with Crippen LogP contribution < -0.4 is 11.1 Å². The van der Waals surface area contributed by atoms with Crippen LogP contribution in [0.25, 0.3) is 0 Å². The molecule has 96 valence electrons. The zero-order valence-corrected chi connectivity index (χ0v) is 9.65. The maximum absolute atomic E-state index is 11.7. The van der Waals surface area contributed by atoms with Crippen LogP contribution in [0.2, 0.25) is 0 Å². The summed E-state index contributed by atoms with van der Waals surface area (Å²) in [6, 6.07) is 0. The molecule has 0 bridgehead atoms. The Kier molecular flexibility index (Phi) is 4.93. The van der Waals surface area contributed by atoms with Crippen LogP contribution in [0.5, 0.6) is 0 Å². The molecule has 4 N–H and O–H groups in total. The molecule has 1 saturated carbocycles. The highest BCUT2D eigenvalue weighted by Gasteiger charge is 2.37. The Hall–Kier alpha value is -1.59. The number of carboxylic acid groups (broad SMARTS) is 1. The third-order valence-corrected chi connectivity index (χ3v) is 3.07. The summed E-state index contributed by atoms with van der Waals surface area (Å²) in [5, 5.41) is 11.6. The summed E-state index contributed by atoms with van der Waals surface area (Å²) in [5.74, 6) is -2.52. The van der Waals surface area contributed by atoms with E-state index in [9.17, 15) is 14.4 Å². The first-order valence-corrected chi connectivity index (χ1v) is 5.81. The highest BCUT2D eigenvalue weighted by Crippen LogP contribution is 2.31. The number of carbonyl (C=O) groups is 3. The van der Waals surface area contributed by atoms with E-state index >= 15 is 0 Å². The number of carbonyl (C=O) groups excluding carboxylic acids is 2. The number of carboxylic acids is 1. The Morgan fingerprint density at radius 2 is 1.88 bits per heavy atom. The van der Waals surface area contributed by atoms with Crippen molar-refractivity contribution in [3.63, 3.8) is 0 Å². The van der Waals surface area contributed by atoms with Gasteiger partial charge in [-0.1, -0.05) is 6.42 Å². The molecule has 1 aliphatic rings. The SMILES string of the molecule is NC(=O)CCCNC(=O)C1CCCC1C(=O)O. The van der Waals surface area contributed by atoms with Crippen molar-refractivity contribution in [1.82, 2.24) is 5.32 Å². The third kappa shape index (κ3) is 4.05. The van der Waals surface area contributed by atoms with Gasteiger partial charge in [-0.25, -0.2) is 0 Å². The third-order valence-electron chi connectivity index (χ3n) is 3.07. The van der Waals surface area contributed by atoms with Crippen LogP contribution in [0.15, 0.2) is 0 Å². The molecule has 1 fully saturated rings. The summed E-state index contributed by atoms with van der Waals surface area (Å²) in [6.07, 6.45) is 2.68. The molecule has 17 heavy (non-hydrogen) atoms. The summed E-state index contributed by atoms with van der Waals surface area (Å²) in [7, 11) is 0. The van der Waals surface area contributed by atoms with E-state index in [1.54, 1.807) is 0 Å². The predicted octanol–water partition coefficient (Wildman–Crippen LogP) is -0.131. The number of amides is 2. The summed E-state index contributed by atoms with van der Waals surface area (Å²) < 4.78 is 0. The van der Waals surface area contributed by atoms with Gasteiger partial charge in [-0.15, -0.1) is 0 Å². The van der Waals surface area contributed by atoms with Crippen molar-refractivity contribution in [3.8, 4) is 0 Å². The number of rotatable bonds is 6. The lowest BCUT2D eigenvalue weighted by Crippen LogP contribution is -2.36. The molecule has 2 atom stereocenters. The molecule has 6 heteroatoms. The van der Waals surface area contributed by atoms with Gasteiger partial charge in [0, 0.05) is 13.0 Å². The Morgan fingerprint density at radius 1 is 1.24 bits per heavy atom. The van der Waals surface area contributed by atoms with Crippen LogP contribution in [-0.2, 0) is 14.4 Å². The second-order valence-electron chi connectivity index (χ2n) is 4.34. The van der Waals surface area contributed by atoms with Gasteiger partial charge in [0.2, 0.25) is 11.8 Å². The van der Waals surface area contributed by atoms with Crippen molar-refractivity contribution < 1.29 is 19.5 Å². The first kappa shape index (κ1) is 13.5. The Labute approximate surface area is 99.6 Å². The molecule has 1 rings (SSSR count). The topological polar surface area (TPSA) is 109 Å². The van der Waals surface area contributed by atoms with E-state index in [1.165, 1.54) is 0 Å². The molecular weight excluding hydrogens is 224 g/mol. The molecule has 0 aromatic carbocycles. The van der Waals surface area contributed by atoms with Crippen molar-refractivity contribution in [2.24, 2.45) is 17.6 Å². The van der Waals surface area contributed by atoms with Crippen molar-refractivity contribution >= 4 is 17.8 Å². The minimum atomic E-state index is -0.903. The van der Waals surface area contributed by atoms with E-state index in [1.807, 2.05) is 0 Å². The lowest BCUT2D eigenvalue weighted by molar-refractivity contribution is -0.146. The number of hydrogen-bond donors (Lipinski definition) is 3. The molecule has 0 radical (unpaired) electrons. The minimum absolute atomic E-state index is 0.223. The predicted molar refractivity (Wildman–Crippen MR) is 59.9 cm³/mol. The summed E-state index contributed by atoms with van der Waals surface area (Å²) in [6.45, 7) is 0.366. The van der Waals surface area contributed by atoms with Gasteiger partial charge in [0.15, 0.2) is 0 Å². The van der Waals surface area contributed by atoms with Crippen molar-refractivity contribution in [3.05, 3.63) is 0 Å². The molecule has 2 amide bonds. The van der Waals surface area contributed by atoms with E-state index in [4.69, 9.17) is 10.8 Å². The highest BCUT2D eigenvalue weighted by molar-refractivity contribution is 5.85. The van der Waals surface area contributed by atoms with Crippen molar-refractivity contribution in [2.75, 3.05) is 6.54 Å². The quantitative estimate of drug-likeness (QED) is 0.563. The van der Waals surface area contributed by atoms with Crippen molar-refractivity contribution in [2.45, 2.75) is 32.1 Å². The molecule has 6 nitrogen and oxygen atoms in total. The summed E-state index contributed by atoms with van der Waals surface area (Å²) >= 11 is 0. The number of primary amides is 1. The minimum Gasteiger partial charge on any atom is -0.481 e. The molecule has 0 aromatic rings. The lowest BCUT2D eigenvalue weighted by atomic mass is 9.95. The average molecular weight is 242 g/mol. The van der Waals surface area contributed by atoms with Gasteiger partial charge in [0.05, 0.1) is 11.8 Å². The van der Waals surface area contributed by atoms with Gasteiger partial charge in [0.1, 0.15) is 0 Å². The standard InChI is InChI=1S/C11H18N2O4/c12-9(14)5-2-6-13-10(15)7-3-1-4-8(7)11(16)17/h7-8H,1-6H2,(H2,12,14)(H,13,15)(H,16,17). The number of aliphatic carboxylic acids is 1. The van der Waals surface area contributed by atoms with Gasteiger partial charge in [-0.3, -0.25) is 14.4 Å². The van der Waals surface area contributed by atoms with Crippen LogP contribution in [-0.4, -0.2) is 29.4 Å². The number of nitrogens with two attached hydrogens (primary N) is 1. The van der Waals surface area contributed by atoms with Crippen LogP contribution in [0.3, 0.4) is 0 Å². The zero-order valence-electron chi connectivity index (χ0n) is 9.65. The van der Waals surface area contributed by atoms with E-state index in [0.717, 1.165) is 6.42 Å². The zero-order chi connectivity index (χ0) is 12.8. The van der Waals surface area contributed by atoms with E-state index in [-0.39, 0.29) is 12.3 Å². The molecule has 0 saturated heterocycles. The smallest absolute Gasteiger partial charge is 0.307 e. The fourth-order valence-electron chi connectivity index (χ4n) is 2.17. The normalized spacial score (nSPS) is 23.3. The molecule has 0 spiro atoms. The second kappa shape index (κ2) is 6.22. The maximum atomic E-state index is 11.7.